The summed E-state index contributed by atoms with van der Waals surface area (Å²) < 4.78 is 141. The summed E-state index contributed by atoms with van der Waals surface area (Å²) in [6.07, 6.45) is -8.83. The first-order valence-corrected chi connectivity index (χ1v) is 45.6. The highest BCUT2D eigenvalue weighted by Gasteiger charge is 2.47. The zero-order chi connectivity index (χ0) is 96.7. The van der Waals surface area contributed by atoms with Crippen molar-refractivity contribution >= 4 is 103 Å². The number of carbonyl (C=O) groups is 10. The van der Waals surface area contributed by atoms with Crippen LogP contribution in [0.15, 0.2) is 211 Å². The molecule has 10 amide bonds. The Hall–Kier alpha value is -13.8. The average molecular weight is 1910 g/mol. The van der Waals surface area contributed by atoms with Gasteiger partial charge in [-0.15, -0.1) is 0 Å². The highest BCUT2D eigenvalue weighted by molar-refractivity contribution is 7.86. The van der Waals surface area contributed by atoms with Gasteiger partial charge in [-0.1, -0.05) is 78.4 Å². The van der Waals surface area contributed by atoms with E-state index in [2.05, 4.69) is 40.9 Å². The molecule has 9 aromatic carbocycles. The number of piperidine rings is 2. The Kier molecular flexibility index (Phi) is 31.3. The number of aromatic nitrogens is 4. The van der Waals surface area contributed by atoms with Gasteiger partial charge >= 0.3 is 12.4 Å². The molecular formula is C97H96F6N14O19S. The van der Waals surface area contributed by atoms with Gasteiger partial charge in [-0.05, 0) is 164 Å². The predicted octanol–water partition coefficient (Wildman–Crippen LogP) is 10.9. The summed E-state index contributed by atoms with van der Waals surface area (Å²) in [4.78, 5) is 144. The van der Waals surface area contributed by atoms with Gasteiger partial charge in [0.15, 0.2) is 0 Å². The van der Waals surface area contributed by atoms with Crippen LogP contribution in [0.5, 0.6) is 11.5 Å². The number of nitrogens with one attached hydrogen (secondary N) is 4. The number of anilines is 2. The monoisotopic (exact) mass is 1910 g/mol. The predicted molar refractivity (Wildman–Crippen MR) is 485 cm³/mol. The van der Waals surface area contributed by atoms with Crippen molar-refractivity contribution in [2.24, 2.45) is 0 Å². The largest absolute Gasteiger partial charge is 0.508 e. The zero-order valence-electron chi connectivity index (χ0n) is 74.1. The van der Waals surface area contributed by atoms with Crippen molar-refractivity contribution in [3.8, 4) is 22.9 Å². The van der Waals surface area contributed by atoms with Crippen LogP contribution in [-0.2, 0) is 77.9 Å². The standard InChI is InChI=1S/C45H44F3N7O8.C39H42F3N5O6S.C13H10N2O5/c46-45(47,48)31-6-4-5-30(26-31)40(57)51-44-49-36-25-29(9-12-37(36)54(44)32-7-2-1-3-8-32)28-53-17-15-52(16-18-53)19-20-61-21-22-62-23-24-63-33-10-11-34-35(27-33)43(60)55(42(34)59)38-13-14-39(56)50-41(38)58;1-29-10-13-34(14-11-29)54(49,50)53-25-24-52-23-22-51-21-20-45-16-18-46(19-17-45)28-30-12-15-36-35(26-30)43-38(47(36)33-8-3-2-4-9-33)44-37(48)31-6-5-7-32(27-31)39(40,41)42;16-6-1-2-7-8(5-6)13(20)15(12(7)19)9-3-4-10(17)14-11(9)18/h1-12,25-27,38H,13-24,28H2,(H,49,51,57)(H,50,56,58);2-15,26-27H,16-25,28H2,1H3,(H,43,44,48);1-2,5,9,16H,3-4H2,(H,14,17,18). The summed E-state index contributed by atoms with van der Waals surface area (Å²) in [5, 5.41) is 19.1. The number of fused-ring (bicyclic) bond motifs is 4. The minimum absolute atomic E-state index is 0.0478. The van der Waals surface area contributed by atoms with Crippen LogP contribution in [0.25, 0.3) is 33.4 Å². The number of hydrogen-bond acceptors (Lipinski definition) is 25. The van der Waals surface area contributed by atoms with E-state index >= 15 is 0 Å². The number of ether oxygens (including phenoxy) is 5. The number of aromatic hydroxyl groups is 1. The van der Waals surface area contributed by atoms with Gasteiger partial charge in [-0.2, -0.15) is 34.8 Å². The fourth-order valence-electron chi connectivity index (χ4n) is 16.4. The van der Waals surface area contributed by atoms with Crippen molar-refractivity contribution in [1.29, 1.82) is 0 Å². The average Bonchev–Trinajstić information content (AvgIpc) is 1.61. The maximum absolute atomic E-state index is 13.4. The van der Waals surface area contributed by atoms with E-state index in [9.17, 15) is 87.8 Å². The lowest BCUT2D eigenvalue weighted by molar-refractivity contribution is -0.138. The molecule has 2 aromatic heterocycles. The Morgan fingerprint density at radius 3 is 1.29 bits per heavy atom. The van der Waals surface area contributed by atoms with E-state index in [0.29, 0.717) is 69.5 Å². The molecule has 11 aromatic rings. The van der Waals surface area contributed by atoms with Crippen LogP contribution in [0.4, 0.5) is 38.2 Å². The summed E-state index contributed by atoms with van der Waals surface area (Å²) in [5.74, 6) is -5.29. The summed E-state index contributed by atoms with van der Waals surface area (Å²) in [7, 11) is -3.81. The van der Waals surface area contributed by atoms with Crippen molar-refractivity contribution in [3.63, 3.8) is 0 Å². The molecule has 2 unspecified atom stereocenters. The number of amides is 10. The minimum atomic E-state index is -4.58. The number of aryl methyl sites for hydroxylation is 1. The maximum Gasteiger partial charge on any atom is 0.416 e. The number of halogens is 6. The number of phenolic OH excluding ortho intramolecular Hbond substituents is 1. The van der Waals surface area contributed by atoms with Crippen molar-refractivity contribution in [1.82, 2.24) is 59.1 Å². The quantitative estimate of drug-likeness (QED) is 0.0110. The number of para-hydroxylation sites is 2. The first kappa shape index (κ1) is 97.7. The van der Waals surface area contributed by atoms with Crippen LogP contribution < -0.4 is 26.0 Å². The second-order valence-corrected chi connectivity index (χ2v) is 34.5. The van der Waals surface area contributed by atoms with Crippen LogP contribution in [-0.4, -0.2) is 265 Å². The highest BCUT2D eigenvalue weighted by Crippen LogP contribution is 2.37. The third-order valence-electron chi connectivity index (χ3n) is 23.5. The van der Waals surface area contributed by atoms with E-state index in [1.807, 2.05) is 104 Å². The Morgan fingerprint density at radius 1 is 0.438 bits per heavy atom. The highest BCUT2D eigenvalue weighted by atomic mass is 32.2. The van der Waals surface area contributed by atoms with Crippen molar-refractivity contribution in [2.75, 3.05) is 142 Å². The Labute approximate surface area is 781 Å². The maximum atomic E-state index is 13.4. The number of carbonyl (C=O) groups excluding carboxylic acids is 10. The molecule has 4 saturated heterocycles. The second-order valence-electron chi connectivity index (χ2n) is 32.9. The lowest BCUT2D eigenvalue weighted by Crippen LogP contribution is -2.54. The Balaban J connectivity index is 0.000000174. The van der Waals surface area contributed by atoms with Gasteiger partial charge in [0.05, 0.1) is 120 Å². The van der Waals surface area contributed by atoms with E-state index in [4.69, 9.17) is 37.8 Å². The number of rotatable bonds is 33. The SMILES string of the molecule is Cc1ccc(S(=O)(=O)OCCOCCOCCN2CCN(Cc3ccc4c(c3)nc(NC(=O)c3cccc(C(F)(F)F)c3)n4-c3ccccc3)CC2)cc1.O=C1CCC(N2C(=O)c3ccc(O)cc3C2=O)C(=O)N1.O=C1CCC(N2C(=O)c3ccc(OCCOCCOCCN4CCN(Cc5ccc6c(c5)nc(NC(=O)c5cccc(C(F)(F)F)c5)n6-c5ccccc5)CC4)cc3C2=O)C(=O)N1. The van der Waals surface area contributed by atoms with Crippen molar-refractivity contribution in [2.45, 2.75) is 75.0 Å². The van der Waals surface area contributed by atoms with Crippen LogP contribution in [0.2, 0.25) is 0 Å². The molecule has 8 heterocycles. The van der Waals surface area contributed by atoms with E-state index in [0.717, 1.165) is 139 Å². The fraction of sp³-hybridized carbons (Fsp3) is 0.320. The Morgan fingerprint density at radius 2 is 0.847 bits per heavy atom. The third kappa shape index (κ3) is 24.4. The molecule has 716 valence electrons. The summed E-state index contributed by atoms with van der Waals surface area (Å²) >= 11 is 0. The molecule has 33 nitrogen and oxygen atoms in total. The number of phenols is 1. The number of nitrogens with zero attached hydrogens (tertiary/aromatic N) is 10. The molecule has 17 rings (SSSR count). The molecule has 137 heavy (non-hydrogen) atoms. The molecule has 0 bridgehead atoms. The number of imide groups is 4. The van der Waals surface area contributed by atoms with Gasteiger partial charge < -0.3 is 28.8 Å². The molecule has 4 fully saturated rings. The fourth-order valence-corrected chi connectivity index (χ4v) is 17.3. The number of piperazine rings is 2. The van der Waals surface area contributed by atoms with Crippen LogP contribution >= 0.6 is 0 Å². The molecule has 0 saturated carbocycles. The Bertz CT molecular complexity index is 6430. The molecule has 6 aliphatic rings. The van der Waals surface area contributed by atoms with Gasteiger partial charge in [-0.3, -0.25) is 112 Å². The first-order chi connectivity index (χ1) is 65.9. The molecule has 40 heteroatoms. The zero-order valence-corrected chi connectivity index (χ0v) is 74.9. The van der Waals surface area contributed by atoms with Gasteiger partial charge in [0.2, 0.25) is 35.5 Å². The number of alkyl halides is 6. The molecule has 0 radical (unpaired) electrons. The summed E-state index contributed by atoms with van der Waals surface area (Å²) in [6.45, 7) is 14.9. The summed E-state index contributed by atoms with van der Waals surface area (Å²) in [6, 6.07) is 52.0. The number of benzene rings is 9. The van der Waals surface area contributed by atoms with Gasteiger partial charge in [-0.25, -0.2) is 9.97 Å². The van der Waals surface area contributed by atoms with Crippen LogP contribution in [0.3, 0.4) is 0 Å². The van der Waals surface area contributed by atoms with Gasteiger partial charge in [0.25, 0.3) is 45.6 Å². The molecule has 0 aliphatic carbocycles. The molecule has 0 spiro atoms. The van der Waals surface area contributed by atoms with Crippen LogP contribution in [0.1, 0.15) is 116 Å². The summed E-state index contributed by atoms with van der Waals surface area (Å²) in [5.41, 5.74) is 5.80. The third-order valence-corrected chi connectivity index (χ3v) is 24.8. The minimum Gasteiger partial charge on any atom is -0.508 e. The van der Waals surface area contributed by atoms with Gasteiger partial charge in [0.1, 0.15) is 30.2 Å². The van der Waals surface area contributed by atoms with E-state index in [1.54, 1.807) is 27.3 Å². The number of hydrogen-bond donors (Lipinski definition) is 5. The first-order valence-electron chi connectivity index (χ1n) is 44.2. The smallest absolute Gasteiger partial charge is 0.416 e. The van der Waals surface area contributed by atoms with Gasteiger partial charge in [0, 0.05) is 114 Å². The molecule has 6 aliphatic heterocycles. The van der Waals surface area contributed by atoms with Crippen molar-refractivity contribution in [3.05, 3.63) is 267 Å². The van der Waals surface area contributed by atoms with E-state index in [-0.39, 0.29) is 108 Å². The topological polar surface area (TPSA) is 384 Å². The van der Waals surface area contributed by atoms with Crippen molar-refractivity contribution < 1.29 is 116 Å². The second kappa shape index (κ2) is 43.9. The normalized spacial score (nSPS) is 16.9. The lowest BCUT2D eigenvalue weighted by atomic mass is 10.0. The molecule has 5 N–H and O–H groups in total. The molecular weight excluding hydrogens is 1810 g/mol. The van der Waals surface area contributed by atoms with E-state index in [1.165, 1.54) is 66.7 Å². The molecule has 2 atom stereocenters. The van der Waals surface area contributed by atoms with E-state index < -0.39 is 105 Å². The lowest BCUT2D eigenvalue weighted by Gasteiger charge is -2.34. The number of imidazole rings is 2. The van der Waals surface area contributed by atoms with Crippen LogP contribution in [0, 0.1) is 6.92 Å².